The lowest BCUT2D eigenvalue weighted by atomic mass is 10.0. The summed E-state index contributed by atoms with van der Waals surface area (Å²) in [6.45, 7) is 1.92. The fourth-order valence-corrected chi connectivity index (χ4v) is 4.15. The summed E-state index contributed by atoms with van der Waals surface area (Å²) >= 11 is 0. The monoisotopic (exact) mass is 365 g/mol. The number of rotatable bonds is 4. The lowest BCUT2D eigenvalue weighted by molar-refractivity contribution is 0.238. The second-order valence-corrected chi connectivity index (χ2v) is 8.14. The van der Waals surface area contributed by atoms with Crippen molar-refractivity contribution in [3.63, 3.8) is 0 Å². The van der Waals surface area contributed by atoms with Crippen molar-refractivity contribution < 1.29 is 13.2 Å². The molecular formula is C21H19NO3S. The molecule has 4 nitrogen and oxygen atoms in total. The maximum atomic E-state index is 12.6. The molecule has 0 spiro atoms. The van der Waals surface area contributed by atoms with Gasteiger partial charge in [-0.25, -0.2) is 8.42 Å². The number of ether oxygens (including phenoxy) is 1. The Bertz CT molecular complexity index is 1030. The van der Waals surface area contributed by atoms with Crippen molar-refractivity contribution in [3.8, 4) is 5.75 Å². The summed E-state index contributed by atoms with van der Waals surface area (Å²) in [4.78, 5) is 0.252. The van der Waals surface area contributed by atoms with Crippen LogP contribution < -0.4 is 9.46 Å². The quantitative estimate of drug-likeness (QED) is 0.742. The Kier molecular flexibility index (Phi) is 4.17. The molecule has 0 radical (unpaired) electrons. The van der Waals surface area contributed by atoms with Crippen LogP contribution >= 0.6 is 0 Å². The summed E-state index contributed by atoms with van der Waals surface area (Å²) < 4.78 is 33.8. The molecule has 132 valence electrons. The molecule has 0 aliphatic carbocycles. The SMILES string of the molecule is Cc1ccc(S(=O)(=O)Nc2ccc3c(c2)CC(c2ccccc2)O3)cc1. The van der Waals surface area contributed by atoms with Gasteiger partial charge in [0.25, 0.3) is 10.0 Å². The molecule has 1 aliphatic rings. The molecule has 0 aromatic heterocycles. The average Bonchev–Trinajstić information content (AvgIpc) is 3.06. The summed E-state index contributed by atoms with van der Waals surface area (Å²) in [6.07, 6.45) is 0.689. The number of nitrogens with one attached hydrogen (secondary N) is 1. The standard InChI is InChI=1S/C21H19NO3S/c1-15-7-10-19(11-8-15)26(23,24)22-18-9-12-20-17(13-18)14-21(25-20)16-5-3-2-4-6-16/h2-13,21-22H,14H2,1H3. The van der Waals surface area contributed by atoms with E-state index in [-0.39, 0.29) is 11.0 Å². The molecule has 1 unspecified atom stereocenters. The van der Waals surface area contributed by atoms with E-state index in [1.165, 1.54) is 0 Å². The van der Waals surface area contributed by atoms with E-state index in [9.17, 15) is 8.42 Å². The van der Waals surface area contributed by atoms with Crippen molar-refractivity contribution in [1.29, 1.82) is 0 Å². The molecule has 3 aromatic rings. The number of fused-ring (bicyclic) bond motifs is 1. The normalized spacial score (nSPS) is 16.0. The molecule has 5 heteroatoms. The highest BCUT2D eigenvalue weighted by atomic mass is 32.2. The minimum absolute atomic E-state index is 0.0323. The van der Waals surface area contributed by atoms with Crippen LogP contribution in [0.1, 0.15) is 22.8 Å². The molecule has 1 aliphatic heterocycles. The largest absolute Gasteiger partial charge is 0.485 e. The van der Waals surface area contributed by atoms with E-state index in [1.807, 2.05) is 49.4 Å². The van der Waals surface area contributed by atoms with Gasteiger partial charge < -0.3 is 4.74 Å². The van der Waals surface area contributed by atoms with Crippen LogP contribution in [-0.2, 0) is 16.4 Å². The predicted octanol–water partition coefficient (Wildman–Crippen LogP) is 4.47. The Labute approximate surface area is 153 Å². The molecule has 4 rings (SSSR count). The van der Waals surface area contributed by atoms with Crippen LogP contribution in [0, 0.1) is 6.92 Å². The van der Waals surface area contributed by atoms with E-state index in [1.54, 1.807) is 30.3 Å². The number of anilines is 1. The molecular weight excluding hydrogens is 346 g/mol. The second kappa shape index (κ2) is 6.50. The Morgan fingerprint density at radius 3 is 2.42 bits per heavy atom. The number of hydrogen-bond donors (Lipinski definition) is 1. The van der Waals surface area contributed by atoms with Gasteiger partial charge in [0.15, 0.2) is 0 Å². The minimum Gasteiger partial charge on any atom is -0.485 e. The van der Waals surface area contributed by atoms with Crippen LogP contribution in [0.2, 0.25) is 0 Å². The van der Waals surface area contributed by atoms with Gasteiger partial charge in [0.1, 0.15) is 11.9 Å². The van der Waals surface area contributed by atoms with Crippen LogP contribution in [0.5, 0.6) is 5.75 Å². The fraction of sp³-hybridized carbons (Fsp3) is 0.143. The van der Waals surface area contributed by atoms with Gasteiger partial charge in [0.2, 0.25) is 0 Å². The third kappa shape index (κ3) is 3.30. The van der Waals surface area contributed by atoms with Gasteiger partial charge in [-0.3, -0.25) is 4.72 Å². The molecule has 1 heterocycles. The molecule has 0 bridgehead atoms. The third-order valence-corrected chi connectivity index (χ3v) is 5.89. The van der Waals surface area contributed by atoms with Crippen molar-refractivity contribution in [2.24, 2.45) is 0 Å². The molecule has 0 fully saturated rings. The molecule has 26 heavy (non-hydrogen) atoms. The Morgan fingerprint density at radius 2 is 1.69 bits per heavy atom. The first-order chi connectivity index (χ1) is 12.5. The Balaban J connectivity index is 1.55. The number of benzene rings is 3. The Hall–Kier alpha value is -2.79. The van der Waals surface area contributed by atoms with Crippen molar-refractivity contribution in [1.82, 2.24) is 0 Å². The fourth-order valence-electron chi connectivity index (χ4n) is 3.10. The zero-order valence-electron chi connectivity index (χ0n) is 14.3. The molecule has 0 amide bonds. The summed E-state index contributed by atoms with van der Waals surface area (Å²) in [5.74, 6) is 0.803. The van der Waals surface area contributed by atoms with Crippen LogP contribution in [0.4, 0.5) is 5.69 Å². The molecule has 0 saturated carbocycles. The maximum Gasteiger partial charge on any atom is 0.261 e. The molecule has 1 N–H and O–H groups in total. The first kappa shape index (κ1) is 16.7. The molecule has 1 atom stereocenters. The second-order valence-electron chi connectivity index (χ2n) is 6.46. The van der Waals surface area contributed by atoms with Crippen LogP contribution in [0.3, 0.4) is 0 Å². The van der Waals surface area contributed by atoms with Gasteiger partial charge in [0.05, 0.1) is 4.90 Å². The van der Waals surface area contributed by atoms with Crippen molar-refractivity contribution in [2.75, 3.05) is 4.72 Å². The first-order valence-electron chi connectivity index (χ1n) is 8.45. The highest BCUT2D eigenvalue weighted by Gasteiger charge is 2.25. The van der Waals surface area contributed by atoms with Gasteiger partial charge in [-0.15, -0.1) is 0 Å². The lowest BCUT2D eigenvalue weighted by Crippen LogP contribution is -2.12. The van der Waals surface area contributed by atoms with Gasteiger partial charge in [-0.1, -0.05) is 48.0 Å². The summed E-state index contributed by atoms with van der Waals surface area (Å²) in [6, 6.07) is 22.2. The van der Waals surface area contributed by atoms with Crippen molar-refractivity contribution in [3.05, 3.63) is 89.5 Å². The first-order valence-corrected chi connectivity index (χ1v) is 9.94. The van der Waals surface area contributed by atoms with Crippen molar-refractivity contribution >= 4 is 15.7 Å². The number of hydrogen-bond acceptors (Lipinski definition) is 3. The van der Waals surface area contributed by atoms with Gasteiger partial charge in [-0.2, -0.15) is 0 Å². The van der Waals surface area contributed by atoms with E-state index in [4.69, 9.17) is 4.74 Å². The molecule has 3 aromatic carbocycles. The summed E-state index contributed by atoms with van der Waals surface area (Å²) in [5, 5.41) is 0. The topological polar surface area (TPSA) is 55.4 Å². The van der Waals surface area contributed by atoms with Crippen LogP contribution in [-0.4, -0.2) is 8.42 Å². The van der Waals surface area contributed by atoms with E-state index >= 15 is 0 Å². The number of sulfonamides is 1. The zero-order valence-corrected chi connectivity index (χ0v) is 15.2. The summed E-state index contributed by atoms with van der Waals surface area (Å²) in [5.41, 5.74) is 3.68. The van der Waals surface area contributed by atoms with Crippen LogP contribution in [0.25, 0.3) is 0 Å². The Morgan fingerprint density at radius 1 is 0.962 bits per heavy atom. The van der Waals surface area contributed by atoms with Gasteiger partial charge >= 0.3 is 0 Å². The van der Waals surface area contributed by atoms with E-state index in [2.05, 4.69) is 4.72 Å². The van der Waals surface area contributed by atoms with Crippen LogP contribution in [0.15, 0.2) is 77.7 Å². The number of aryl methyl sites for hydroxylation is 1. The highest BCUT2D eigenvalue weighted by Crippen LogP contribution is 2.38. The molecule has 0 saturated heterocycles. The average molecular weight is 365 g/mol. The summed E-state index contributed by atoms with van der Waals surface area (Å²) in [7, 11) is -3.60. The lowest BCUT2D eigenvalue weighted by Gasteiger charge is -2.10. The van der Waals surface area contributed by atoms with E-state index in [0.717, 1.165) is 28.9 Å². The smallest absolute Gasteiger partial charge is 0.261 e. The maximum absolute atomic E-state index is 12.6. The minimum atomic E-state index is -3.60. The van der Waals surface area contributed by atoms with Gasteiger partial charge in [-0.05, 0) is 42.8 Å². The predicted molar refractivity (Wildman–Crippen MR) is 102 cm³/mol. The van der Waals surface area contributed by atoms with E-state index < -0.39 is 10.0 Å². The van der Waals surface area contributed by atoms with Gasteiger partial charge in [0, 0.05) is 17.7 Å². The van der Waals surface area contributed by atoms with E-state index in [0.29, 0.717) is 5.69 Å². The highest BCUT2D eigenvalue weighted by molar-refractivity contribution is 7.92. The van der Waals surface area contributed by atoms with Crippen molar-refractivity contribution in [2.45, 2.75) is 24.3 Å². The zero-order chi connectivity index (χ0) is 18.1. The third-order valence-electron chi connectivity index (χ3n) is 4.49.